The Bertz CT molecular complexity index is 1340. The van der Waals surface area contributed by atoms with Crippen LogP contribution < -0.4 is 16.0 Å². The maximum absolute atomic E-state index is 13.0. The lowest BCUT2D eigenvalue weighted by Crippen LogP contribution is -2.18. The van der Waals surface area contributed by atoms with Gasteiger partial charge in [0.25, 0.3) is 5.91 Å². The first-order valence-corrected chi connectivity index (χ1v) is 12.5. The molecule has 2 atom stereocenters. The second-order valence-electron chi connectivity index (χ2n) is 8.23. The number of carbonyl (C=O) groups excluding carboxylic acids is 3. The van der Waals surface area contributed by atoms with E-state index < -0.39 is 28.0 Å². The Morgan fingerprint density at radius 3 is 1.89 bits per heavy atom. The van der Waals surface area contributed by atoms with Crippen LogP contribution in [0, 0.1) is 5.92 Å². The van der Waals surface area contributed by atoms with E-state index in [9.17, 15) is 14.4 Å². The molecular weight excluding hydrogens is 568 g/mol. The zero-order valence-electron chi connectivity index (χ0n) is 18.5. The molecule has 0 heterocycles. The summed E-state index contributed by atoms with van der Waals surface area (Å²) in [5.74, 6) is -2.38. The minimum Gasteiger partial charge on any atom is -0.326 e. The highest BCUT2D eigenvalue weighted by Gasteiger charge is 2.67. The lowest BCUT2D eigenvalue weighted by molar-refractivity contribution is -0.117. The minimum absolute atomic E-state index is 0.150. The molecule has 11 heteroatoms. The molecule has 3 aromatic rings. The van der Waals surface area contributed by atoms with Crippen LogP contribution in [0.1, 0.15) is 28.8 Å². The minimum atomic E-state index is -1.34. The van der Waals surface area contributed by atoms with E-state index >= 15 is 0 Å². The largest absolute Gasteiger partial charge is 0.326 e. The zero-order chi connectivity index (χ0) is 26.2. The van der Waals surface area contributed by atoms with Crippen LogP contribution in [0.15, 0.2) is 60.7 Å². The van der Waals surface area contributed by atoms with Crippen LogP contribution in [0.25, 0.3) is 0 Å². The highest BCUT2D eigenvalue weighted by molar-refractivity contribution is 6.53. The lowest BCUT2D eigenvalue weighted by atomic mass is 10.1. The summed E-state index contributed by atoms with van der Waals surface area (Å²) in [6, 6.07) is 16.0. The van der Waals surface area contributed by atoms with Crippen LogP contribution in [-0.4, -0.2) is 22.1 Å². The van der Waals surface area contributed by atoms with E-state index in [1.54, 1.807) is 48.5 Å². The summed E-state index contributed by atoms with van der Waals surface area (Å²) in [4.78, 5) is 37.0. The molecule has 1 aliphatic carbocycles. The van der Waals surface area contributed by atoms with Crippen molar-refractivity contribution in [1.29, 1.82) is 0 Å². The Morgan fingerprint density at radius 1 is 0.750 bits per heavy atom. The van der Waals surface area contributed by atoms with Gasteiger partial charge in [-0.15, -0.1) is 23.2 Å². The van der Waals surface area contributed by atoms with Crippen LogP contribution in [0.5, 0.6) is 0 Å². The normalized spacial score (nSPS) is 17.7. The Labute approximate surface area is 232 Å². The quantitative estimate of drug-likeness (QED) is 0.264. The van der Waals surface area contributed by atoms with Crippen molar-refractivity contribution in [3.63, 3.8) is 0 Å². The molecular formula is C25H18Cl5N3O3. The molecule has 0 bridgehead atoms. The first-order chi connectivity index (χ1) is 17.0. The number of anilines is 3. The Kier molecular flexibility index (Phi) is 7.74. The average Bonchev–Trinajstić information content (AvgIpc) is 3.37. The third-order valence-electron chi connectivity index (χ3n) is 5.52. The molecule has 0 saturated heterocycles. The zero-order valence-corrected chi connectivity index (χ0v) is 22.3. The van der Waals surface area contributed by atoms with E-state index in [0.29, 0.717) is 32.7 Å². The van der Waals surface area contributed by atoms with Crippen LogP contribution in [0.4, 0.5) is 17.1 Å². The van der Waals surface area contributed by atoms with Crippen molar-refractivity contribution in [3.8, 4) is 0 Å². The van der Waals surface area contributed by atoms with Gasteiger partial charge >= 0.3 is 0 Å². The predicted molar refractivity (Wildman–Crippen MR) is 146 cm³/mol. The molecule has 0 unspecified atom stereocenters. The lowest BCUT2D eigenvalue weighted by Gasteiger charge is -2.11. The number of hydrogen-bond acceptors (Lipinski definition) is 3. The van der Waals surface area contributed by atoms with Gasteiger partial charge in [-0.05, 0) is 66.2 Å². The Morgan fingerprint density at radius 2 is 1.31 bits per heavy atom. The summed E-state index contributed by atoms with van der Waals surface area (Å²) in [5, 5.41) is 9.14. The number of hydrogen-bond donors (Lipinski definition) is 3. The fraction of sp³-hybridized carbons (Fsp3) is 0.160. The predicted octanol–water partition coefficient (Wildman–Crippen LogP) is 7.38. The van der Waals surface area contributed by atoms with Crippen LogP contribution in [0.2, 0.25) is 15.1 Å². The van der Waals surface area contributed by atoms with Crippen LogP contribution in [-0.2, 0) is 9.59 Å². The molecule has 3 aromatic carbocycles. The van der Waals surface area contributed by atoms with Gasteiger partial charge in [-0.25, -0.2) is 0 Å². The summed E-state index contributed by atoms with van der Waals surface area (Å²) in [6.07, 6.45) is 0. The standard InChI is InChI=1S/C25H18Cl5N3O3/c1-12(34)31-16-2-4-17(5-3-16)32-23(35)19-11-18(6-7-20(19)28)33-24(36)22-21(25(22,29)30)13-8-14(26)10-15(27)9-13/h2-11,21-22H,1H3,(H,31,34)(H,32,35)(H,33,36)/t21-,22+/m0/s1. The van der Waals surface area contributed by atoms with Gasteiger partial charge in [0.2, 0.25) is 11.8 Å². The van der Waals surface area contributed by atoms with Gasteiger partial charge in [-0.3, -0.25) is 14.4 Å². The summed E-state index contributed by atoms with van der Waals surface area (Å²) >= 11 is 31.2. The first-order valence-electron chi connectivity index (χ1n) is 10.6. The topological polar surface area (TPSA) is 87.3 Å². The fourth-order valence-electron chi connectivity index (χ4n) is 3.86. The van der Waals surface area contributed by atoms with E-state index in [0.717, 1.165) is 0 Å². The number of amides is 3. The van der Waals surface area contributed by atoms with Crippen LogP contribution >= 0.6 is 58.0 Å². The van der Waals surface area contributed by atoms with Gasteiger partial charge in [-0.1, -0.05) is 34.8 Å². The van der Waals surface area contributed by atoms with Crippen molar-refractivity contribution >= 4 is 92.8 Å². The third kappa shape index (κ3) is 5.90. The van der Waals surface area contributed by atoms with E-state index in [-0.39, 0.29) is 16.5 Å². The Hall–Kier alpha value is -2.48. The van der Waals surface area contributed by atoms with Crippen molar-refractivity contribution in [1.82, 2.24) is 0 Å². The van der Waals surface area contributed by atoms with E-state index in [1.807, 2.05) is 0 Å². The number of nitrogens with one attached hydrogen (secondary N) is 3. The van der Waals surface area contributed by atoms with E-state index in [1.165, 1.54) is 19.1 Å². The number of benzene rings is 3. The van der Waals surface area contributed by atoms with Crippen molar-refractivity contribution in [3.05, 3.63) is 86.9 Å². The molecule has 0 radical (unpaired) electrons. The summed E-state index contributed by atoms with van der Waals surface area (Å²) < 4.78 is -1.34. The van der Waals surface area contributed by atoms with E-state index in [2.05, 4.69) is 16.0 Å². The smallest absolute Gasteiger partial charge is 0.257 e. The summed E-state index contributed by atoms with van der Waals surface area (Å²) in [5.41, 5.74) is 2.23. The summed E-state index contributed by atoms with van der Waals surface area (Å²) in [6.45, 7) is 1.40. The van der Waals surface area contributed by atoms with Crippen molar-refractivity contribution in [2.24, 2.45) is 5.92 Å². The number of rotatable bonds is 6. The molecule has 3 N–H and O–H groups in total. The number of alkyl halides is 2. The second-order valence-corrected chi connectivity index (χ2v) is 11.0. The highest BCUT2D eigenvalue weighted by Crippen LogP contribution is 2.65. The SMILES string of the molecule is CC(=O)Nc1ccc(NC(=O)c2cc(NC(=O)[C@H]3[C@H](c4cc(Cl)cc(Cl)c4)C3(Cl)Cl)ccc2Cl)cc1. The van der Waals surface area contributed by atoms with Gasteiger partial charge < -0.3 is 16.0 Å². The van der Waals surface area contributed by atoms with Gasteiger partial charge in [0.15, 0.2) is 0 Å². The average molecular weight is 586 g/mol. The highest BCUT2D eigenvalue weighted by atomic mass is 35.5. The maximum atomic E-state index is 13.0. The molecule has 4 rings (SSSR count). The molecule has 6 nitrogen and oxygen atoms in total. The third-order valence-corrected chi connectivity index (χ3v) is 7.23. The maximum Gasteiger partial charge on any atom is 0.257 e. The molecule has 1 saturated carbocycles. The van der Waals surface area contributed by atoms with Gasteiger partial charge in [0.1, 0.15) is 4.33 Å². The fourth-order valence-corrected chi connectivity index (χ4v) is 5.43. The van der Waals surface area contributed by atoms with Gasteiger partial charge in [0.05, 0.1) is 16.5 Å². The van der Waals surface area contributed by atoms with Crippen molar-refractivity contribution < 1.29 is 14.4 Å². The van der Waals surface area contributed by atoms with Crippen molar-refractivity contribution in [2.75, 3.05) is 16.0 Å². The second kappa shape index (κ2) is 10.5. The molecule has 3 amide bonds. The van der Waals surface area contributed by atoms with Gasteiger partial charge in [-0.2, -0.15) is 0 Å². The van der Waals surface area contributed by atoms with Gasteiger partial charge in [0, 0.05) is 39.9 Å². The van der Waals surface area contributed by atoms with E-state index in [4.69, 9.17) is 58.0 Å². The number of carbonyl (C=O) groups is 3. The number of halogens is 5. The molecule has 36 heavy (non-hydrogen) atoms. The van der Waals surface area contributed by atoms with Crippen molar-refractivity contribution in [2.45, 2.75) is 17.2 Å². The molecule has 186 valence electrons. The molecule has 1 aliphatic rings. The summed E-state index contributed by atoms with van der Waals surface area (Å²) in [7, 11) is 0. The van der Waals surface area contributed by atoms with Crippen LogP contribution in [0.3, 0.4) is 0 Å². The molecule has 0 aromatic heterocycles. The Balaban J connectivity index is 1.47. The molecule has 1 fully saturated rings. The molecule has 0 spiro atoms. The molecule has 0 aliphatic heterocycles. The monoisotopic (exact) mass is 583 g/mol. The first kappa shape index (κ1) is 26.6.